The van der Waals surface area contributed by atoms with Gasteiger partial charge in [0, 0.05) is 59.7 Å². The maximum absolute atomic E-state index is 12.1. The van der Waals surface area contributed by atoms with Gasteiger partial charge in [-0.3, -0.25) is 4.79 Å². The maximum atomic E-state index is 12.1. The molecule has 2 aliphatic rings. The lowest BCUT2D eigenvalue weighted by atomic mass is 9.73. The predicted molar refractivity (Wildman–Crippen MR) is 112 cm³/mol. The minimum absolute atomic E-state index is 0.0328. The van der Waals surface area contributed by atoms with Crippen molar-refractivity contribution in [1.82, 2.24) is 34.4 Å². The molecule has 4 aromatic rings. The minimum Gasteiger partial charge on any atom is -0.351 e. The van der Waals surface area contributed by atoms with Crippen LogP contribution in [-0.4, -0.2) is 58.5 Å². The van der Waals surface area contributed by atoms with Crippen molar-refractivity contribution in [1.29, 1.82) is 0 Å². The Morgan fingerprint density at radius 2 is 2.17 bits per heavy atom. The summed E-state index contributed by atoms with van der Waals surface area (Å²) in [6, 6.07) is 4.25. The number of hydrogen-bond acceptors (Lipinski definition) is 6. The molecular formula is C21H22N8O. The zero-order valence-electron chi connectivity index (χ0n) is 16.7. The second kappa shape index (κ2) is 6.25. The summed E-state index contributed by atoms with van der Waals surface area (Å²) in [4.78, 5) is 30.8. The minimum atomic E-state index is -0.0328. The van der Waals surface area contributed by atoms with Gasteiger partial charge in [-0.1, -0.05) is 0 Å². The molecule has 1 amide bonds. The van der Waals surface area contributed by atoms with Gasteiger partial charge in [-0.05, 0) is 38.3 Å². The van der Waals surface area contributed by atoms with Crippen LogP contribution in [0.1, 0.15) is 32.6 Å². The van der Waals surface area contributed by atoms with Crippen molar-refractivity contribution in [2.24, 2.45) is 0 Å². The molecule has 1 saturated heterocycles. The standard InChI is InChI=1S/C21H22N8O/c1-21(28-6-2-3-18(28)30)7-14(8-21)26-20-23-10-16-15(9-22-19(16)27-20)13-4-5-17-24-12-25-29(17)11-13/h4-5,9-12,14H,2-3,6-8H2,1H3,(H2,22,23,26,27)/t14-,21-. The molecule has 2 fully saturated rings. The summed E-state index contributed by atoms with van der Waals surface area (Å²) >= 11 is 0. The van der Waals surface area contributed by atoms with E-state index in [2.05, 4.69) is 42.2 Å². The van der Waals surface area contributed by atoms with Crippen LogP contribution in [0, 0.1) is 0 Å². The highest BCUT2D eigenvalue weighted by Crippen LogP contribution is 2.41. The van der Waals surface area contributed by atoms with Crippen molar-refractivity contribution in [2.45, 2.75) is 44.2 Å². The van der Waals surface area contributed by atoms with Gasteiger partial charge in [-0.25, -0.2) is 14.5 Å². The first kappa shape index (κ1) is 17.4. The normalized spacial score (nSPS) is 24.0. The quantitative estimate of drug-likeness (QED) is 0.544. The van der Waals surface area contributed by atoms with E-state index in [4.69, 9.17) is 0 Å². The number of fused-ring (bicyclic) bond motifs is 2. The highest BCUT2D eigenvalue weighted by atomic mass is 16.2. The van der Waals surface area contributed by atoms with Crippen molar-refractivity contribution in [3.05, 3.63) is 37.1 Å². The Kier molecular flexibility index (Phi) is 3.62. The first-order valence-electron chi connectivity index (χ1n) is 10.3. The van der Waals surface area contributed by atoms with Crippen molar-refractivity contribution in [3.63, 3.8) is 0 Å². The van der Waals surface area contributed by atoms with E-state index in [1.54, 1.807) is 10.8 Å². The summed E-state index contributed by atoms with van der Waals surface area (Å²) < 4.78 is 1.75. The molecule has 0 unspecified atom stereocenters. The Hall–Kier alpha value is -3.49. The molecule has 0 aromatic carbocycles. The van der Waals surface area contributed by atoms with Gasteiger partial charge in [0.15, 0.2) is 5.65 Å². The lowest BCUT2D eigenvalue weighted by Crippen LogP contribution is -2.59. The van der Waals surface area contributed by atoms with E-state index in [1.165, 1.54) is 0 Å². The number of nitrogens with one attached hydrogen (secondary N) is 2. The Bertz CT molecular complexity index is 1270. The molecule has 9 nitrogen and oxygen atoms in total. The van der Waals surface area contributed by atoms with Crippen LogP contribution in [0.15, 0.2) is 37.1 Å². The predicted octanol–water partition coefficient (Wildman–Crippen LogP) is 2.62. The second-order valence-corrected chi connectivity index (χ2v) is 8.53. The first-order chi connectivity index (χ1) is 14.6. The highest BCUT2D eigenvalue weighted by Gasteiger charge is 2.48. The van der Waals surface area contributed by atoms with E-state index in [0.29, 0.717) is 12.4 Å². The fourth-order valence-electron chi connectivity index (χ4n) is 4.92. The molecule has 4 aromatic heterocycles. The third-order valence-electron chi connectivity index (χ3n) is 6.45. The molecule has 2 N–H and O–H groups in total. The van der Waals surface area contributed by atoms with E-state index in [1.807, 2.05) is 30.7 Å². The lowest BCUT2D eigenvalue weighted by Gasteiger charge is -2.51. The maximum Gasteiger partial charge on any atom is 0.224 e. The summed E-state index contributed by atoms with van der Waals surface area (Å²) in [6.07, 6.45) is 10.8. The van der Waals surface area contributed by atoms with Crippen LogP contribution >= 0.6 is 0 Å². The highest BCUT2D eigenvalue weighted by molar-refractivity contribution is 5.93. The Labute approximate surface area is 172 Å². The lowest BCUT2D eigenvalue weighted by molar-refractivity contribution is -0.136. The first-order valence-corrected chi connectivity index (χ1v) is 10.3. The molecular weight excluding hydrogens is 380 g/mol. The van der Waals surface area contributed by atoms with E-state index in [-0.39, 0.29) is 17.5 Å². The summed E-state index contributed by atoms with van der Waals surface area (Å²) in [5, 5.41) is 8.60. The van der Waals surface area contributed by atoms with Gasteiger partial charge in [-0.15, -0.1) is 0 Å². The van der Waals surface area contributed by atoms with Gasteiger partial charge in [-0.2, -0.15) is 10.1 Å². The molecule has 1 aliphatic carbocycles. The third kappa shape index (κ3) is 2.65. The smallest absolute Gasteiger partial charge is 0.224 e. The van der Waals surface area contributed by atoms with Crippen LogP contribution in [0.4, 0.5) is 5.95 Å². The van der Waals surface area contributed by atoms with Crippen LogP contribution in [-0.2, 0) is 4.79 Å². The van der Waals surface area contributed by atoms with Crippen LogP contribution < -0.4 is 5.32 Å². The van der Waals surface area contributed by atoms with Crippen LogP contribution in [0.5, 0.6) is 0 Å². The van der Waals surface area contributed by atoms with Gasteiger partial charge in [0.25, 0.3) is 0 Å². The second-order valence-electron chi connectivity index (χ2n) is 8.53. The molecule has 0 radical (unpaired) electrons. The van der Waals surface area contributed by atoms with E-state index >= 15 is 0 Å². The number of anilines is 1. The van der Waals surface area contributed by atoms with E-state index in [0.717, 1.165) is 53.6 Å². The number of aromatic nitrogens is 6. The number of likely N-dealkylation sites (tertiary alicyclic amines) is 1. The van der Waals surface area contributed by atoms with E-state index < -0.39 is 0 Å². The Morgan fingerprint density at radius 3 is 3.00 bits per heavy atom. The zero-order chi connectivity index (χ0) is 20.3. The van der Waals surface area contributed by atoms with Crippen molar-refractivity contribution in [3.8, 4) is 11.1 Å². The average Bonchev–Trinajstić information content (AvgIpc) is 3.44. The monoisotopic (exact) mass is 402 g/mol. The number of nitrogens with zero attached hydrogens (tertiary/aromatic N) is 6. The fraction of sp³-hybridized carbons (Fsp3) is 0.381. The summed E-state index contributed by atoms with van der Waals surface area (Å²) in [5.41, 5.74) is 3.61. The third-order valence-corrected chi connectivity index (χ3v) is 6.45. The number of aromatic amines is 1. The number of H-pyrrole nitrogens is 1. The summed E-state index contributed by atoms with van der Waals surface area (Å²) in [6.45, 7) is 3.07. The Balaban J connectivity index is 1.20. The molecule has 9 heteroatoms. The Morgan fingerprint density at radius 1 is 1.27 bits per heavy atom. The number of carbonyl (C=O) groups is 1. The largest absolute Gasteiger partial charge is 0.351 e. The number of rotatable bonds is 4. The molecule has 5 heterocycles. The van der Waals surface area contributed by atoms with Crippen molar-refractivity contribution >= 4 is 28.5 Å². The van der Waals surface area contributed by atoms with Gasteiger partial charge in [0.05, 0.1) is 0 Å². The van der Waals surface area contributed by atoms with Crippen molar-refractivity contribution in [2.75, 3.05) is 11.9 Å². The van der Waals surface area contributed by atoms with Gasteiger partial charge >= 0.3 is 0 Å². The van der Waals surface area contributed by atoms with Crippen LogP contribution in [0.2, 0.25) is 0 Å². The molecule has 152 valence electrons. The van der Waals surface area contributed by atoms with Crippen LogP contribution in [0.3, 0.4) is 0 Å². The average molecular weight is 402 g/mol. The molecule has 0 bridgehead atoms. The van der Waals surface area contributed by atoms with Gasteiger partial charge in [0.2, 0.25) is 11.9 Å². The topological polar surface area (TPSA) is 104 Å². The summed E-state index contributed by atoms with van der Waals surface area (Å²) in [5.74, 6) is 0.902. The zero-order valence-corrected chi connectivity index (χ0v) is 16.7. The summed E-state index contributed by atoms with van der Waals surface area (Å²) in [7, 11) is 0. The van der Waals surface area contributed by atoms with Gasteiger partial charge < -0.3 is 15.2 Å². The molecule has 1 aliphatic heterocycles. The molecule has 0 atom stereocenters. The SMILES string of the molecule is C[C@]1(N2CCCC2=O)C[C@H](Nc2ncc3c(-c4ccc5ncnn5c4)c[nH]c3n2)C1. The molecule has 6 rings (SSSR count). The number of carbonyl (C=O) groups excluding carboxylic acids is 1. The molecule has 1 saturated carbocycles. The molecule has 30 heavy (non-hydrogen) atoms. The van der Waals surface area contributed by atoms with E-state index in [9.17, 15) is 4.79 Å². The van der Waals surface area contributed by atoms with Crippen molar-refractivity contribution < 1.29 is 4.79 Å². The fourth-order valence-corrected chi connectivity index (χ4v) is 4.92. The van der Waals surface area contributed by atoms with Crippen LogP contribution in [0.25, 0.3) is 27.8 Å². The number of hydrogen-bond donors (Lipinski definition) is 2. The number of pyridine rings is 1. The van der Waals surface area contributed by atoms with Gasteiger partial charge in [0.1, 0.15) is 12.0 Å². The number of amides is 1. The molecule has 0 spiro atoms.